The molecule has 1 unspecified atom stereocenters. The molecule has 0 aromatic heterocycles. The third kappa shape index (κ3) is 4.03. The Morgan fingerprint density at radius 2 is 1.65 bits per heavy atom. The summed E-state index contributed by atoms with van der Waals surface area (Å²) in [5, 5.41) is 11.6. The average Bonchev–Trinajstić information content (AvgIpc) is 2.96. The molecule has 0 bridgehead atoms. The van der Waals surface area contributed by atoms with Crippen molar-refractivity contribution in [2.45, 2.75) is 44.6 Å². The number of likely N-dealkylation sites (tertiary alicyclic amines) is 1. The van der Waals surface area contributed by atoms with Gasteiger partial charge >= 0.3 is 0 Å². The first-order chi connectivity index (χ1) is 12.6. The van der Waals surface area contributed by atoms with Crippen LogP contribution in [0.1, 0.15) is 38.5 Å². The van der Waals surface area contributed by atoms with Crippen molar-refractivity contribution in [3.8, 4) is 11.5 Å². The molecule has 0 N–H and O–H groups in total. The van der Waals surface area contributed by atoms with Crippen LogP contribution in [-0.4, -0.2) is 56.3 Å². The highest BCUT2D eigenvalue weighted by Gasteiger charge is 2.30. The Balaban J connectivity index is 1.85. The standard InChI is InChI=1S/C19H29N3O4/c1-25-18-12-16(17(22(23)24)13-19(18)26-2)21-11-7-8-15(14-21)20-9-5-3-4-6-10-20/h12-13,15H,3-11,14H2,1-2H3. The van der Waals surface area contributed by atoms with Crippen LogP contribution in [0.5, 0.6) is 11.5 Å². The molecule has 2 fully saturated rings. The minimum Gasteiger partial charge on any atom is -0.493 e. The van der Waals surface area contributed by atoms with E-state index in [4.69, 9.17) is 9.47 Å². The molecular formula is C19H29N3O4. The lowest BCUT2D eigenvalue weighted by Gasteiger charge is -2.40. The first kappa shape index (κ1) is 18.8. The molecule has 7 heteroatoms. The number of hydrogen-bond acceptors (Lipinski definition) is 6. The number of methoxy groups -OCH3 is 2. The Bertz CT molecular complexity index is 629. The molecule has 0 spiro atoms. The molecule has 26 heavy (non-hydrogen) atoms. The van der Waals surface area contributed by atoms with Gasteiger partial charge in [0.15, 0.2) is 11.5 Å². The number of nitro groups is 1. The van der Waals surface area contributed by atoms with E-state index < -0.39 is 0 Å². The molecule has 0 aliphatic carbocycles. The van der Waals surface area contributed by atoms with Crippen molar-refractivity contribution in [3.63, 3.8) is 0 Å². The summed E-state index contributed by atoms with van der Waals surface area (Å²) in [5.74, 6) is 0.925. The van der Waals surface area contributed by atoms with Crippen molar-refractivity contribution in [1.29, 1.82) is 0 Å². The van der Waals surface area contributed by atoms with Crippen molar-refractivity contribution in [1.82, 2.24) is 4.90 Å². The molecule has 0 saturated carbocycles. The average molecular weight is 363 g/mol. The van der Waals surface area contributed by atoms with Gasteiger partial charge in [0.2, 0.25) is 0 Å². The van der Waals surface area contributed by atoms with Crippen LogP contribution < -0.4 is 14.4 Å². The Hall–Kier alpha value is -2.02. The van der Waals surface area contributed by atoms with Crippen LogP contribution in [0.4, 0.5) is 11.4 Å². The monoisotopic (exact) mass is 363 g/mol. The summed E-state index contributed by atoms with van der Waals surface area (Å²) in [4.78, 5) is 16.0. The summed E-state index contributed by atoms with van der Waals surface area (Å²) in [7, 11) is 3.06. The number of benzene rings is 1. The number of anilines is 1. The van der Waals surface area contributed by atoms with Crippen LogP contribution in [0.3, 0.4) is 0 Å². The van der Waals surface area contributed by atoms with Gasteiger partial charge in [0.05, 0.1) is 25.2 Å². The molecule has 2 heterocycles. The summed E-state index contributed by atoms with van der Waals surface area (Å²) >= 11 is 0. The summed E-state index contributed by atoms with van der Waals surface area (Å²) < 4.78 is 10.6. The first-order valence-corrected chi connectivity index (χ1v) is 9.53. The summed E-state index contributed by atoms with van der Waals surface area (Å²) in [6.45, 7) is 3.95. The van der Waals surface area contributed by atoms with Gasteiger partial charge in [-0.3, -0.25) is 15.0 Å². The molecule has 7 nitrogen and oxygen atoms in total. The number of nitro benzene ring substituents is 1. The summed E-state index contributed by atoms with van der Waals surface area (Å²) in [6.07, 6.45) is 7.35. The normalized spacial score (nSPS) is 21.9. The number of piperidine rings is 1. The van der Waals surface area contributed by atoms with Gasteiger partial charge in [-0.15, -0.1) is 0 Å². The maximum absolute atomic E-state index is 11.6. The van der Waals surface area contributed by atoms with Crippen molar-refractivity contribution < 1.29 is 14.4 Å². The lowest BCUT2D eigenvalue weighted by atomic mass is 10.0. The fraction of sp³-hybridized carbons (Fsp3) is 0.684. The Morgan fingerprint density at radius 1 is 1.00 bits per heavy atom. The van der Waals surface area contributed by atoms with Crippen molar-refractivity contribution in [2.24, 2.45) is 0 Å². The molecule has 2 aliphatic heterocycles. The third-order valence-electron chi connectivity index (χ3n) is 5.57. The number of ether oxygens (including phenoxy) is 2. The first-order valence-electron chi connectivity index (χ1n) is 9.53. The van der Waals surface area contributed by atoms with Crippen LogP contribution in [0.25, 0.3) is 0 Å². The van der Waals surface area contributed by atoms with Gasteiger partial charge in [0.1, 0.15) is 5.69 Å². The van der Waals surface area contributed by atoms with Crippen LogP contribution in [0.2, 0.25) is 0 Å². The van der Waals surface area contributed by atoms with Crippen molar-refractivity contribution in [2.75, 3.05) is 45.3 Å². The molecule has 2 saturated heterocycles. The highest BCUT2D eigenvalue weighted by atomic mass is 16.6. The molecule has 144 valence electrons. The largest absolute Gasteiger partial charge is 0.493 e. The van der Waals surface area contributed by atoms with Gasteiger partial charge in [-0.1, -0.05) is 12.8 Å². The zero-order chi connectivity index (χ0) is 18.5. The van der Waals surface area contributed by atoms with Gasteiger partial charge in [0, 0.05) is 25.2 Å². The smallest absolute Gasteiger partial charge is 0.296 e. The number of rotatable bonds is 5. The lowest BCUT2D eigenvalue weighted by Crippen LogP contribution is -2.48. The van der Waals surface area contributed by atoms with Crippen LogP contribution >= 0.6 is 0 Å². The van der Waals surface area contributed by atoms with E-state index in [1.807, 2.05) is 0 Å². The van der Waals surface area contributed by atoms with E-state index in [1.54, 1.807) is 13.2 Å². The van der Waals surface area contributed by atoms with E-state index in [-0.39, 0.29) is 10.6 Å². The van der Waals surface area contributed by atoms with E-state index in [0.29, 0.717) is 23.2 Å². The highest BCUT2D eigenvalue weighted by Crippen LogP contribution is 2.40. The van der Waals surface area contributed by atoms with Crippen LogP contribution in [0.15, 0.2) is 12.1 Å². The summed E-state index contributed by atoms with van der Waals surface area (Å²) in [6, 6.07) is 3.69. The second-order valence-electron chi connectivity index (χ2n) is 7.15. The zero-order valence-corrected chi connectivity index (χ0v) is 15.8. The second kappa shape index (κ2) is 8.58. The van der Waals surface area contributed by atoms with E-state index in [9.17, 15) is 10.1 Å². The highest BCUT2D eigenvalue weighted by molar-refractivity contribution is 5.70. The van der Waals surface area contributed by atoms with Gasteiger partial charge in [0.25, 0.3) is 5.69 Å². The van der Waals surface area contributed by atoms with Gasteiger partial charge < -0.3 is 14.4 Å². The Labute approximate surface area is 155 Å². The molecule has 1 aromatic carbocycles. The minimum atomic E-state index is -0.327. The Kier molecular flexibility index (Phi) is 6.19. The van der Waals surface area contributed by atoms with E-state index in [1.165, 1.54) is 38.9 Å². The second-order valence-corrected chi connectivity index (χ2v) is 7.15. The topological polar surface area (TPSA) is 68.1 Å². The van der Waals surface area contributed by atoms with E-state index in [0.717, 1.165) is 39.0 Å². The molecule has 3 rings (SSSR count). The maximum Gasteiger partial charge on any atom is 0.296 e. The van der Waals surface area contributed by atoms with Crippen LogP contribution in [-0.2, 0) is 0 Å². The Morgan fingerprint density at radius 3 is 2.27 bits per heavy atom. The SMILES string of the molecule is COc1cc(N2CCCC(N3CCCCCC3)C2)c([N+](=O)[O-])cc1OC. The van der Waals surface area contributed by atoms with E-state index in [2.05, 4.69) is 9.80 Å². The minimum absolute atomic E-state index is 0.0826. The van der Waals surface area contributed by atoms with E-state index >= 15 is 0 Å². The molecular weight excluding hydrogens is 334 g/mol. The fourth-order valence-corrected chi connectivity index (χ4v) is 4.19. The molecule has 1 aromatic rings. The van der Waals surface area contributed by atoms with Crippen LogP contribution in [0, 0.1) is 10.1 Å². The third-order valence-corrected chi connectivity index (χ3v) is 5.57. The molecule has 0 amide bonds. The van der Waals surface area contributed by atoms with Gasteiger partial charge in [-0.05, 0) is 38.8 Å². The van der Waals surface area contributed by atoms with Crippen molar-refractivity contribution >= 4 is 11.4 Å². The fourth-order valence-electron chi connectivity index (χ4n) is 4.19. The number of nitrogens with zero attached hydrogens (tertiary/aromatic N) is 3. The maximum atomic E-state index is 11.6. The van der Waals surface area contributed by atoms with Gasteiger partial charge in [-0.25, -0.2) is 0 Å². The molecule has 0 radical (unpaired) electrons. The zero-order valence-electron chi connectivity index (χ0n) is 15.8. The molecule has 1 atom stereocenters. The number of hydrogen-bond donors (Lipinski definition) is 0. The van der Waals surface area contributed by atoms with Crippen molar-refractivity contribution in [3.05, 3.63) is 22.2 Å². The van der Waals surface area contributed by atoms with Gasteiger partial charge in [-0.2, -0.15) is 0 Å². The predicted molar refractivity (Wildman–Crippen MR) is 101 cm³/mol. The predicted octanol–water partition coefficient (Wildman–Crippen LogP) is 3.46. The lowest BCUT2D eigenvalue weighted by molar-refractivity contribution is -0.384. The molecule has 2 aliphatic rings. The summed E-state index contributed by atoms with van der Waals surface area (Å²) in [5.41, 5.74) is 0.714. The quantitative estimate of drug-likeness (QED) is 0.589.